The van der Waals surface area contributed by atoms with Crippen molar-refractivity contribution >= 4 is 27.3 Å². The minimum atomic E-state index is -3.41. The first-order valence-electron chi connectivity index (χ1n) is 10.6. The van der Waals surface area contributed by atoms with E-state index in [4.69, 9.17) is 4.74 Å². The van der Waals surface area contributed by atoms with E-state index in [0.29, 0.717) is 17.8 Å². The Morgan fingerprint density at radius 1 is 1.10 bits per heavy atom. The Morgan fingerprint density at radius 2 is 1.74 bits per heavy atom. The number of sulfonamides is 1. The van der Waals surface area contributed by atoms with Crippen molar-refractivity contribution in [2.45, 2.75) is 31.8 Å². The van der Waals surface area contributed by atoms with Crippen molar-refractivity contribution < 1.29 is 17.9 Å². The Balaban J connectivity index is 1.46. The van der Waals surface area contributed by atoms with Crippen LogP contribution in [0.1, 0.15) is 25.7 Å². The van der Waals surface area contributed by atoms with Crippen LogP contribution in [-0.2, 0) is 14.8 Å². The molecule has 0 aromatic heterocycles. The van der Waals surface area contributed by atoms with Crippen LogP contribution in [0.15, 0.2) is 54.6 Å². The van der Waals surface area contributed by atoms with Gasteiger partial charge in [0.05, 0.1) is 11.9 Å². The third kappa shape index (κ3) is 7.25. The van der Waals surface area contributed by atoms with E-state index < -0.39 is 10.0 Å². The van der Waals surface area contributed by atoms with Gasteiger partial charge in [-0.2, -0.15) is 0 Å². The van der Waals surface area contributed by atoms with Gasteiger partial charge < -0.3 is 15.0 Å². The number of benzene rings is 2. The molecular weight excluding hydrogens is 414 g/mol. The van der Waals surface area contributed by atoms with Gasteiger partial charge in [-0.3, -0.25) is 9.10 Å². The van der Waals surface area contributed by atoms with Crippen LogP contribution in [-0.4, -0.2) is 58.3 Å². The Labute approximate surface area is 185 Å². The molecule has 7 nitrogen and oxygen atoms in total. The second-order valence-corrected chi connectivity index (χ2v) is 9.87. The summed E-state index contributed by atoms with van der Waals surface area (Å²) in [6, 6.07) is 16.3. The van der Waals surface area contributed by atoms with Crippen LogP contribution in [0.4, 0.5) is 11.4 Å². The van der Waals surface area contributed by atoms with Crippen molar-refractivity contribution in [3.8, 4) is 5.75 Å². The first-order valence-corrected chi connectivity index (χ1v) is 12.4. The fraction of sp³-hybridized carbons (Fsp3) is 0.435. The predicted molar refractivity (Wildman–Crippen MR) is 124 cm³/mol. The highest BCUT2D eigenvalue weighted by molar-refractivity contribution is 7.92. The minimum Gasteiger partial charge on any atom is -0.490 e. The summed E-state index contributed by atoms with van der Waals surface area (Å²) in [6.45, 7) is 2.33. The van der Waals surface area contributed by atoms with Crippen LogP contribution in [0.3, 0.4) is 0 Å². The molecule has 1 N–H and O–H groups in total. The van der Waals surface area contributed by atoms with Gasteiger partial charge in [-0.25, -0.2) is 8.42 Å². The summed E-state index contributed by atoms with van der Waals surface area (Å²) < 4.78 is 31.6. The molecule has 0 aliphatic carbocycles. The van der Waals surface area contributed by atoms with Gasteiger partial charge in [0.25, 0.3) is 0 Å². The number of ether oxygens (including phenoxy) is 1. The molecule has 0 spiro atoms. The molecule has 0 unspecified atom stereocenters. The predicted octanol–water partition coefficient (Wildman–Crippen LogP) is 3.34. The van der Waals surface area contributed by atoms with E-state index in [0.717, 1.165) is 31.7 Å². The van der Waals surface area contributed by atoms with Gasteiger partial charge in [0, 0.05) is 31.7 Å². The van der Waals surface area contributed by atoms with Gasteiger partial charge in [-0.05, 0) is 62.7 Å². The summed E-state index contributed by atoms with van der Waals surface area (Å²) in [4.78, 5) is 14.6. The molecule has 3 rings (SSSR count). The number of nitrogens with zero attached hydrogens (tertiary/aromatic N) is 2. The summed E-state index contributed by atoms with van der Waals surface area (Å²) in [5, 5.41) is 2.86. The SMILES string of the molecule is CN1CCC(Oc2ccc(NC(=O)CCCN(c3ccccc3)S(C)(=O)=O)cc2)CC1. The van der Waals surface area contributed by atoms with Gasteiger partial charge in [-0.15, -0.1) is 0 Å². The zero-order chi connectivity index (χ0) is 22.3. The van der Waals surface area contributed by atoms with Gasteiger partial charge >= 0.3 is 0 Å². The molecule has 168 valence electrons. The molecule has 0 bridgehead atoms. The maximum Gasteiger partial charge on any atom is 0.232 e. The highest BCUT2D eigenvalue weighted by atomic mass is 32.2. The number of nitrogens with one attached hydrogen (secondary N) is 1. The number of likely N-dealkylation sites (tertiary alicyclic amines) is 1. The highest BCUT2D eigenvalue weighted by Crippen LogP contribution is 2.21. The van der Waals surface area contributed by atoms with Gasteiger partial charge in [0.1, 0.15) is 11.9 Å². The maximum absolute atomic E-state index is 12.3. The molecule has 8 heteroatoms. The van der Waals surface area contributed by atoms with Crippen molar-refractivity contribution in [2.75, 3.05) is 42.6 Å². The Kier molecular flexibility index (Phi) is 7.92. The topological polar surface area (TPSA) is 79.0 Å². The van der Waals surface area contributed by atoms with E-state index in [-0.39, 0.29) is 25.0 Å². The number of carbonyl (C=O) groups excluding carboxylic acids is 1. The second kappa shape index (κ2) is 10.6. The summed E-state index contributed by atoms with van der Waals surface area (Å²) in [6.07, 6.45) is 4.09. The smallest absolute Gasteiger partial charge is 0.232 e. The second-order valence-electron chi connectivity index (χ2n) is 7.97. The fourth-order valence-electron chi connectivity index (χ4n) is 3.60. The Morgan fingerprint density at radius 3 is 2.35 bits per heavy atom. The minimum absolute atomic E-state index is 0.148. The van der Waals surface area contributed by atoms with Crippen molar-refractivity contribution in [1.29, 1.82) is 0 Å². The molecule has 2 aromatic carbocycles. The molecule has 1 aliphatic heterocycles. The summed E-state index contributed by atoms with van der Waals surface area (Å²) >= 11 is 0. The number of anilines is 2. The van der Waals surface area contributed by atoms with E-state index in [1.54, 1.807) is 24.3 Å². The third-order valence-electron chi connectivity index (χ3n) is 5.32. The molecule has 2 aromatic rings. The number of piperidine rings is 1. The quantitative estimate of drug-likeness (QED) is 0.640. The normalized spacial score (nSPS) is 15.4. The Hall–Kier alpha value is -2.58. The van der Waals surface area contributed by atoms with E-state index in [1.165, 1.54) is 10.6 Å². The molecular formula is C23H31N3O4S. The molecule has 1 heterocycles. The first kappa shape index (κ1) is 23.1. The van der Waals surface area contributed by atoms with E-state index >= 15 is 0 Å². The number of para-hydroxylation sites is 1. The van der Waals surface area contributed by atoms with E-state index in [1.807, 2.05) is 30.3 Å². The largest absolute Gasteiger partial charge is 0.490 e. The van der Waals surface area contributed by atoms with Crippen molar-refractivity contribution in [1.82, 2.24) is 4.90 Å². The molecule has 1 amide bonds. The zero-order valence-electron chi connectivity index (χ0n) is 18.2. The van der Waals surface area contributed by atoms with Crippen LogP contribution in [0, 0.1) is 0 Å². The molecule has 0 saturated carbocycles. The molecule has 31 heavy (non-hydrogen) atoms. The van der Waals surface area contributed by atoms with Gasteiger partial charge in [-0.1, -0.05) is 18.2 Å². The third-order valence-corrected chi connectivity index (χ3v) is 6.51. The molecule has 1 aliphatic rings. The molecule has 0 atom stereocenters. The monoisotopic (exact) mass is 445 g/mol. The lowest BCUT2D eigenvalue weighted by Gasteiger charge is -2.29. The lowest BCUT2D eigenvalue weighted by molar-refractivity contribution is -0.116. The van der Waals surface area contributed by atoms with E-state index in [9.17, 15) is 13.2 Å². The number of hydrogen-bond donors (Lipinski definition) is 1. The lowest BCUT2D eigenvalue weighted by Crippen LogP contribution is -2.35. The fourth-order valence-corrected chi connectivity index (χ4v) is 4.56. The number of hydrogen-bond acceptors (Lipinski definition) is 5. The van der Waals surface area contributed by atoms with E-state index in [2.05, 4.69) is 17.3 Å². The Bertz CT molecular complexity index is 941. The zero-order valence-corrected chi connectivity index (χ0v) is 19.0. The maximum atomic E-state index is 12.3. The van der Waals surface area contributed by atoms with Crippen molar-refractivity contribution in [3.63, 3.8) is 0 Å². The average Bonchev–Trinajstić information content (AvgIpc) is 2.74. The number of carbonyl (C=O) groups is 1. The van der Waals surface area contributed by atoms with Gasteiger partial charge in [0.15, 0.2) is 0 Å². The van der Waals surface area contributed by atoms with Crippen molar-refractivity contribution in [3.05, 3.63) is 54.6 Å². The number of amides is 1. The summed E-state index contributed by atoms with van der Waals surface area (Å²) in [5.41, 5.74) is 1.30. The molecule has 1 saturated heterocycles. The van der Waals surface area contributed by atoms with Crippen LogP contribution in [0.5, 0.6) is 5.75 Å². The van der Waals surface area contributed by atoms with Crippen LogP contribution < -0.4 is 14.4 Å². The summed E-state index contributed by atoms with van der Waals surface area (Å²) in [7, 11) is -1.29. The average molecular weight is 446 g/mol. The molecule has 0 radical (unpaired) electrons. The standard InChI is InChI=1S/C23H31N3O4S/c1-25-17-14-22(15-18-25)30-21-12-10-19(11-13-21)24-23(27)9-6-16-26(31(2,28)29)20-7-4-3-5-8-20/h3-5,7-8,10-13,22H,6,9,14-18H2,1-2H3,(H,24,27). The van der Waals surface area contributed by atoms with Gasteiger partial charge in [0.2, 0.25) is 15.9 Å². The summed E-state index contributed by atoms with van der Waals surface area (Å²) in [5.74, 6) is 0.657. The molecule has 1 fully saturated rings. The van der Waals surface area contributed by atoms with Crippen LogP contribution in [0.25, 0.3) is 0 Å². The van der Waals surface area contributed by atoms with Crippen LogP contribution in [0.2, 0.25) is 0 Å². The van der Waals surface area contributed by atoms with Crippen molar-refractivity contribution in [2.24, 2.45) is 0 Å². The highest BCUT2D eigenvalue weighted by Gasteiger charge is 2.19. The number of rotatable bonds is 9. The lowest BCUT2D eigenvalue weighted by atomic mass is 10.1. The van der Waals surface area contributed by atoms with Crippen LogP contribution >= 0.6 is 0 Å². The first-order chi connectivity index (χ1) is 14.8.